The SMILES string of the molecule is C=CC[C@@H]([C@@H](O)C(F)(Cl)Cl)[S@@](=O)c1ccc(C)cc1. The monoisotopic (exact) mass is 324 g/mol. The predicted molar refractivity (Wildman–Crippen MR) is 77.7 cm³/mol. The van der Waals surface area contributed by atoms with E-state index in [0.29, 0.717) is 4.90 Å². The van der Waals surface area contributed by atoms with Crippen LogP contribution in [0.15, 0.2) is 41.8 Å². The fourth-order valence-corrected chi connectivity index (χ4v) is 3.50. The van der Waals surface area contributed by atoms with Gasteiger partial charge in [0.05, 0.1) is 16.0 Å². The van der Waals surface area contributed by atoms with Gasteiger partial charge in [-0.15, -0.1) is 6.58 Å². The van der Waals surface area contributed by atoms with E-state index in [-0.39, 0.29) is 6.42 Å². The van der Waals surface area contributed by atoms with Gasteiger partial charge in [0.1, 0.15) is 6.10 Å². The molecule has 0 saturated heterocycles. The molecule has 0 heterocycles. The first-order valence-corrected chi connectivity index (χ1v) is 7.57. The summed E-state index contributed by atoms with van der Waals surface area (Å²) in [5.41, 5.74) is 1.01. The zero-order valence-corrected chi connectivity index (χ0v) is 12.7. The van der Waals surface area contributed by atoms with E-state index in [4.69, 9.17) is 23.2 Å². The number of aliphatic hydroxyl groups excluding tert-OH is 1. The summed E-state index contributed by atoms with van der Waals surface area (Å²) >= 11 is 10.5. The minimum atomic E-state index is -2.85. The Balaban J connectivity index is 3.02. The van der Waals surface area contributed by atoms with Crippen LogP contribution in [-0.2, 0) is 10.8 Å². The lowest BCUT2D eigenvalue weighted by molar-refractivity contribution is 0.0944. The van der Waals surface area contributed by atoms with Gasteiger partial charge in [0.2, 0.25) is 0 Å². The molecule has 0 unspecified atom stereocenters. The Bertz CT molecular complexity index is 457. The second-order valence-corrected chi connectivity index (χ2v) is 7.13. The lowest BCUT2D eigenvalue weighted by Gasteiger charge is -2.25. The summed E-state index contributed by atoms with van der Waals surface area (Å²) in [7, 11) is -1.64. The van der Waals surface area contributed by atoms with Crippen molar-refractivity contribution in [2.45, 2.75) is 34.2 Å². The molecule has 0 fully saturated rings. The predicted octanol–water partition coefficient (Wildman–Crippen LogP) is 3.51. The van der Waals surface area contributed by atoms with Gasteiger partial charge in [-0.1, -0.05) is 47.0 Å². The van der Waals surface area contributed by atoms with Gasteiger partial charge < -0.3 is 5.11 Å². The highest BCUT2D eigenvalue weighted by Gasteiger charge is 2.41. The number of halogens is 3. The summed E-state index contributed by atoms with van der Waals surface area (Å²) < 4.78 is 22.9. The molecule has 6 heteroatoms. The first-order valence-electron chi connectivity index (χ1n) is 5.60. The van der Waals surface area contributed by atoms with Gasteiger partial charge in [-0.3, -0.25) is 4.21 Å². The third kappa shape index (κ3) is 4.56. The molecule has 1 aromatic carbocycles. The molecule has 0 amide bonds. The number of benzene rings is 1. The number of alkyl halides is 3. The van der Waals surface area contributed by atoms with Crippen molar-refractivity contribution in [1.82, 2.24) is 0 Å². The molecular weight excluding hydrogens is 310 g/mol. The summed E-state index contributed by atoms with van der Waals surface area (Å²) in [6, 6.07) is 6.90. The average molecular weight is 325 g/mol. The average Bonchev–Trinajstić information content (AvgIpc) is 2.34. The van der Waals surface area contributed by atoms with Gasteiger partial charge in [-0.2, -0.15) is 0 Å². The van der Waals surface area contributed by atoms with Gasteiger partial charge in [0.25, 0.3) is 4.59 Å². The van der Waals surface area contributed by atoms with Crippen LogP contribution in [0.5, 0.6) is 0 Å². The highest BCUT2D eigenvalue weighted by molar-refractivity contribution is 7.85. The molecule has 19 heavy (non-hydrogen) atoms. The summed E-state index contributed by atoms with van der Waals surface area (Å²) in [4.78, 5) is 0.481. The molecule has 3 atom stereocenters. The van der Waals surface area contributed by atoms with E-state index >= 15 is 0 Å². The first kappa shape index (κ1) is 16.6. The molecule has 0 aliphatic carbocycles. The minimum Gasteiger partial charge on any atom is -0.386 e. The Kier molecular flexibility index (Phi) is 5.99. The normalized spacial score (nSPS) is 16.7. The van der Waals surface area contributed by atoms with E-state index < -0.39 is 26.7 Å². The lowest BCUT2D eigenvalue weighted by Crippen LogP contribution is -2.40. The van der Waals surface area contributed by atoms with Gasteiger partial charge >= 0.3 is 0 Å². The molecule has 1 aromatic rings. The molecule has 0 saturated carbocycles. The van der Waals surface area contributed by atoms with E-state index in [2.05, 4.69) is 6.58 Å². The largest absolute Gasteiger partial charge is 0.386 e. The standard InChI is InChI=1S/C13H15Cl2FO2S/c1-3-4-11(12(17)13(14,15)16)19(18)10-7-5-9(2)6-8-10/h3,5-8,11-12,17H,1,4H2,2H3/t11-,12+,19-/m0/s1. The van der Waals surface area contributed by atoms with Crippen molar-refractivity contribution in [3.8, 4) is 0 Å². The van der Waals surface area contributed by atoms with Crippen LogP contribution in [0.2, 0.25) is 0 Å². The van der Waals surface area contributed by atoms with Crippen molar-refractivity contribution < 1.29 is 13.7 Å². The summed E-state index contributed by atoms with van der Waals surface area (Å²) in [6.07, 6.45) is -0.192. The summed E-state index contributed by atoms with van der Waals surface area (Å²) in [5.74, 6) is 0. The molecule has 106 valence electrons. The number of rotatable bonds is 6. The molecule has 0 bridgehead atoms. The molecule has 0 aliphatic rings. The highest BCUT2D eigenvalue weighted by atomic mass is 35.5. The van der Waals surface area contributed by atoms with Crippen LogP contribution < -0.4 is 0 Å². The third-order valence-electron chi connectivity index (χ3n) is 2.61. The van der Waals surface area contributed by atoms with Crippen molar-refractivity contribution in [2.75, 3.05) is 0 Å². The molecule has 0 radical (unpaired) electrons. The molecule has 2 nitrogen and oxygen atoms in total. The van der Waals surface area contributed by atoms with E-state index in [1.165, 1.54) is 6.08 Å². The van der Waals surface area contributed by atoms with E-state index in [1.54, 1.807) is 24.3 Å². The molecule has 0 aliphatic heterocycles. The summed E-state index contributed by atoms with van der Waals surface area (Å²) in [5, 5.41) is 8.83. The van der Waals surface area contributed by atoms with E-state index in [9.17, 15) is 13.7 Å². The van der Waals surface area contributed by atoms with E-state index in [0.717, 1.165) is 5.56 Å². The van der Waals surface area contributed by atoms with Gasteiger partial charge in [0.15, 0.2) is 0 Å². The topological polar surface area (TPSA) is 37.3 Å². The Labute approximate surface area is 124 Å². The van der Waals surface area contributed by atoms with E-state index in [1.807, 2.05) is 6.92 Å². The molecule has 1 N–H and O–H groups in total. The fraction of sp³-hybridized carbons (Fsp3) is 0.385. The van der Waals surface area contributed by atoms with Crippen LogP contribution in [0.3, 0.4) is 0 Å². The van der Waals surface area contributed by atoms with Crippen LogP contribution in [0.1, 0.15) is 12.0 Å². The van der Waals surface area contributed by atoms with Crippen molar-refractivity contribution >= 4 is 34.0 Å². The number of aliphatic hydroxyl groups is 1. The number of allylic oxidation sites excluding steroid dienone is 1. The lowest BCUT2D eigenvalue weighted by atomic mass is 10.2. The Hall–Kier alpha value is -0.420. The zero-order valence-electron chi connectivity index (χ0n) is 10.4. The highest BCUT2D eigenvalue weighted by Crippen LogP contribution is 2.33. The number of hydrogen-bond acceptors (Lipinski definition) is 2. The summed E-state index contributed by atoms with van der Waals surface area (Å²) in [6.45, 7) is 5.40. The van der Waals surface area contributed by atoms with Gasteiger partial charge in [0, 0.05) is 4.90 Å². The van der Waals surface area contributed by atoms with Crippen molar-refractivity contribution in [3.05, 3.63) is 42.5 Å². The van der Waals surface area contributed by atoms with Crippen LogP contribution >= 0.6 is 23.2 Å². The first-order chi connectivity index (χ1) is 8.77. The number of hydrogen-bond donors (Lipinski definition) is 1. The zero-order chi connectivity index (χ0) is 14.6. The van der Waals surface area contributed by atoms with Crippen LogP contribution in [0.25, 0.3) is 0 Å². The van der Waals surface area contributed by atoms with Crippen LogP contribution in [0.4, 0.5) is 4.39 Å². The van der Waals surface area contributed by atoms with Crippen LogP contribution in [0, 0.1) is 6.92 Å². The number of aryl methyl sites for hydroxylation is 1. The third-order valence-corrected chi connectivity index (χ3v) is 4.80. The van der Waals surface area contributed by atoms with Gasteiger partial charge in [-0.25, -0.2) is 4.39 Å². The minimum absolute atomic E-state index is 0.132. The Morgan fingerprint density at radius 2 is 2.00 bits per heavy atom. The van der Waals surface area contributed by atoms with Crippen LogP contribution in [-0.4, -0.2) is 25.3 Å². The fourth-order valence-electron chi connectivity index (χ4n) is 1.56. The maximum Gasteiger partial charge on any atom is 0.284 e. The van der Waals surface area contributed by atoms with Crippen molar-refractivity contribution in [2.24, 2.45) is 0 Å². The Morgan fingerprint density at radius 3 is 2.42 bits per heavy atom. The van der Waals surface area contributed by atoms with Gasteiger partial charge in [-0.05, 0) is 25.5 Å². The molecule has 0 spiro atoms. The quantitative estimate of drug-likeness (QED) is 0.642. The maximum absolute atomic E-state index is 13.4. The molecule has 0 aromatic heterocycles. The molecule has 1 rings (SSSR count). The maximum atomic E-state index is 13.4. The van der Waals surface area contributed by atoms with Crippen molar-refractivity contribution in [1.29, 1.82) is 0 Å². The Morgan fingerprint density at radius 1 is 1.47 bits per heavy atom. The second-order valence-electron chi connectivity index (χ2n) is 4.16. The second kappa shape index (κ2) is 6.84. The smallest absolute Gasteiger partial charge is 0.284 e. The van der Waals surface area contributed by atoms with Crippen molar-refractivity contribution in [3.63, 3.8) is 0 Å². The molecular formula is C13H15Cl2FO2S.